The Kier molecular flexibility index (Phi) is 17.8. The van der Waals surface area contributed by atoms with E-state index in [9.17, 15) is 33.8 Å². The zero-order chi connectivity index (χ0) is 28.9. The Labute approximate surface area is 229 Å². The molecule has 2 atom stereocenters. The third kappa shape index (κ3) is 15.6. The van der Waals surface area contributed by atoms with Crippen molar-refractivity contribution in [1.29, 1.82) is 0 Å². The molecule has 0 fully saturated rings. The smallest absolute Gasteiger partial charge is 0.331 e. The molecule has 0 aliphatic heterocycles. The number of carbonyl (C=O) groups is 4. The van der Waals surface area contributed by atoms with Gasteiger partial charge in [-0.15, -0.1) is 0 Å². The number of rotatable bonds is 20. The largest absolute Gasteiger partial charge is 0.464 e. The molecule has 1 aromatic rings. The first-order valence-corrected chi connectivity index (χ1v) is 13.5. The first-order chi connectivity index (χ1) is 18.8. The maximum atomic E-state index is 12.9. The summed E-state index contributed by atoms with van der Waals surface area (Å²) in [6.07, 6.45) is 12.5. The third-order valence-electron chi connectivity index (χ3n) is 5.83. The summed E-state index contributed by atoms with van der Waals surface area (Å²) in [6, 6.07) is 2.76. The fraction of sp³-hybridized carbons (Fsp3) is 0.571. The molecule has 0 unspecified atom stereocenters. The van der Waals surface area contributed by atoms with E-state index in [-0.39, 0.29) is 6.61 Å². The van der Waals surface area contributed by atoms with Crippen LogP contribution in [-0.4, -0.2) is 72.4 Å². The number of unbranched alkanes of at least 4 members (excludes halogenated alkanes) is 8. The summed E-state index contributed by atoms with van der Waals surface area (Å²) >= 11 is 0. The molecular formula is C28H42FN3O7. The van der Waals surface area contributed by atoms with Crippen molar-refractivity contribution in [3.63, 3.8) is 0 Å². The molecule has 5 N–H and O–H groups in total. The third-order valence-corrected chi connectivity index (χ3v) is 5.83. The van der Waals surface area contributed by atoms with Crippen molar-refractivity contribution in [2.24, 2.45) is 0 Å². The van der Waals surface area contributed by atoms with Crippen LogP contribution < -0.4 is 16.0 Å². The van der Waals surface area contributed by atoms with E-state index < -0.39 is 61.4 Å². The summed E-state index contributed by atoms with van der Waals surface area (Å²) in [7, 11) is 0. The fourth-order valence-electron chi connectivity index (χ4n) is 3.56. The van der Waals surface area contributed by atoms with Crippen LogP contribution in [0.25, 0.3) is 6.08 Å². The van der Waals surface area contributed by atoms with Crippen molar-refractivity contribution in [3.8, 4) is 0 Å². The number of ether oxygens (including phenoxy) is 1. The van der Waals surface area contributed by atoms with Crippen LogP contribution in [-0.2, 0) is 23.9 Å². The number of hydrogen-bond acceptors (Lipinski definition) is 7. The van der Waals surface area contributed by atoms with Gasteiger partial charge < -0.3 is 30.9 Å². The number of hydrogen-bond donors (Lipinski definition) is 5. The van der Waals surface area contributed by atoms with E-state index in [1.165, 1.54) is 62.4 Å². The standard InChI is InChI=1S/C28H42FN3O7/c1-2-3-4-5-6-7-8-9-10-17-39-28(38)24(20-34)32-26(36)18-30-27(37)23(19-33)31-25(35)16-13-21-11-14-22(29)15-12-21/h11-16,23-24,33-34H,2-10,17-20H2,1H3,(H,30,37)(H,31,35)(H,32,36)/b16-13+/t23-,24-/m0/s1. The average molecular weight is 552 g/mol. The first-order valence-electron chi connectivity index (χ1n) is 13.5. The number of carbonyl (C=O) groups excluding carboxylic acids is 4. The predicted molar refractivity (Wildman–Crippen MR) is 145 cm³/mol. The van der Waals surface area contributed by atoms with Gasteiger partial charge in [-0.3, -0.25) is 14.4 Å². The van der Waals surface area contributed by atoms with Gasteiger partial charge in [0.1, 0.15) is 11.9 Å². The Morgan fingerprint density at radius 1 is 0.872 bits per heavy atom. The molecule has 0 bridgehead atoms. The average Bonchev–Trinajstić information content (AvgIpc) is 2.93. The highest BCUT2D eigenvalue weighted by atomic mass is 19.1. The highest BCUT2D eigenvalue weighted by Gasteiger charge is 2.23. The number of amides is 3. The molecule has 39 heavy (non-hydrogen) atoms. The monoisotopic (exact) mass is 551 g/mol. The number of halogens is 1. The van der Waals surface area contributed by atoms with Crippen LogP contribution in [0.1, 0.15) is 70.3 Å². The van der Waals surface area contributed by atoms with Crippen molar-refractivity contribution in [3.05, 3.63) is 41.7 Å². The van der Waals surface area contributed by atoms with Crippen LogP contribution in [0, 0.1) is 5.82 Å². The lowest BCUT2D eigenvalue weighted by Gasteiger charge is -2.17. The van der Waals surface area contributed by atoms with Crippen molar-refractivity contribution in [2.75, 3.05) is 26.4 Å². The van der Waals surface area contributed by atoms with Crippen molar-refractivity contribution in [1.82, 2.24) is 16.0 Å². The summed E-state index contributed by atoms with van der Waals surface area (Å²) in [4.78, 5) is 48.6. The Morgan fingerprint density at radius 3 is 2.05 bits per heavy atom. The van der Waals surface area contributed by atoms with Gasteiger partial charge >= 0.3 is 5.97 Å². The second-order valence-electron chi connectivity index (χ2n) is 9.15. The highest BCUT2D eigenvalue weighted by Crippen LogP contribution is 2.09. The minimum absolute atomic E-state index is 0.186. The summed E-state index contributed by atoms with van der Waals surface area (Å²) in [5.41, 5.74) is 0.554. The maximum Gasteiger partial charge on any atom is 0.331 e. The fourth-order valence-corrected chi connectivity index (χ4v) is 3.56. The second-order valence-corrected chi connectivity index (χ2v) is 9.15. The van der Waals surface area contributed by atoms with Crippen molar-refractivity contribution < 1.29 is 38.5 Å². The predicted octanol–water partition coefficient (Wildman–Crippen LogP) is 1.98. The van der Waals surface area contributed by atoms with Gasteiger partial charge in [0.05, 0.1) is 26.4 Å². The summed E-state index contributed by atoms with van der Waals surface area (Å²) in [5, 5.41) is 25.7. The molecule has 11 heteroatoms. The van der Waals surface area contributed by atoms with E-state index in [1.807, 2.05) is 0 Å². The molecule has 0 heterocycles. The van der Waals surface area contributed by atoms with Crippen LogP contribution >= 0.6 is 0 Å². The molecule has 1 aromatic carbocycles. The number of aliphatic hydroxyl groups is 2. The Morgan fingerprint density at radius 2 is 1.46 bits per heavy atom. The normalized spacial score (nSPS) is 12.5. The second kappa shape index (κ2) is 20.6. The Balaban J connectivity index is 2.31. The summed E-state index contributed by atoms with van der Waals surface area (Å²) in [5.74, 6) is -3.47. The molecule has 0 aliphatic carbocycles. The van der Waals surface area contributed by atoms with Gasteiger partial charge in [0.2, 0.25) is 17.7 Å². The first kappa shape index (κ1) is 33.7. The van der Waals surface area contributed by atoms with E-state index in [0.29, 0.717) is 12.0 Å². The van der Waals surface area contributed by atoms with E-state index in [4.69, 9.17) is 4.74 Å². The number of benzene rings is 1. The quantitative estimate of drug-likeness (QED) is 0.0943. The van der Waals surface area contributed by atoms with Crippen LogP contribution in [0.2, 0.25) is 0 Å². The molecular weight excluding hydrogens is 509 g/mol. The minimum atomic E-state index is -1.34. The Bertz CT molecular complexity index is 909. The molecule has 0 radical (unpaired) electrons. The van der Waals surface area contributed by atoms with Crippen molar-refractivity contribution >= 4 is 29.8 Å². The van der Waals surface area contributed by atoms with Gasteiger partial charge in [-0.1, -0.05) is 70.4 Å². The van der Waals surface area contributed by atoms with Gasteiger partial charge in [-0.25, -0.2) is 9.18 Å². The lowest BCUT2D eigenvalue weighted by Crippen LogP contribution is -2.52. The lowest BCUT2D eigenvalue weighted by molar-refractivity contribution is -0.149. The summed E-state index contributed by atoms with van der Waals surface area (Å²) in [6.45, 7) is 0.410. The zero-order valence-electron chi connectivity index (χ0n) is 22.6. The molecule has 0 saturated heterocycles. The SMILES string of the molecule is CCCCCCCCCCCOC(=O)[C@H](CO)NC(=O)CNC(=O)[C@H](CO)NC(=O)/C=C/c1ccc(F)cc1. The van der Waals surface area contributed by atoms with E-state index in [1.54, 1.807) is 0 Å². The molecule has 0 aliphatic rings. The maximum absolute atomic E-state index is 12.9. The molecule has 218 valence electrons. The molecule has 0 saturated carbocycles. The van der Waals surface area contributed by atoms with Gasteiger partial charge in [-0.2, -0.15) is 0 Å². The van der Waals surface area contributed by atoms with E-state index in [0.717, 1.165) is 25.3 Å². The summed E-state index contributed by atoms with van der Waals surface area (Å²) < 4.78 is 18.1. The molecule has 1 rings (SSSR count). The van der Waals surface area contributed by atoms with Gasteiger partial charge in [0.25, 0.3) is 0 Å². The zero-order valence-corrected chi connectivity index (χ0v) is 22.6. The van der Waals surface area contributed by atoms with Crippen LogP contribution in [0.3, 0.4) is 0 Å². The topological polar surface area (TPSA) is 154 Å². The van der Waals surface area contributed by atoms with Gasteiger partial charge in [0, 0.05) is 6.08 Å². The Hall–Kier alpha value is -3.31. The van der Waals surface area contributed by atoms with Gasteiger partial charge in [-0.05, 0) is 30.2 Å². The lowest BCUT2D eigenvalue weighted by atomic mass is 10.1. The minimum Gasteiger partial charge on any atom is -0.464 e. The van der Waals surface area contributed by atoms with E-state index in [2.05, 4.69) is 22.9 Å². The number of aliphatic hydroxyl groups excluding tert-OH is 2. The van der Waals surface area contributed by atoms with Crippen LogP contribution in [0.4, 0.5) is 4.39 Å². The van der Waals surface area contributed by atoms with Gasteiger partial charge in [0.15, 0.2) is 6.04 Å². The molecule has 0 aromatic heterocycles. The van der Waals surface area contributed by atoms with Crippen molar-refractivity contribution in [2.45, 2.75) is 76.8 Å². The number of nitrogens with one attached hydrogen (secondary N) is 3. The van der Waals surface area contributed by atoms with Crippen LogP contribution in [0.15, 0.2) is 30.3 Å². The van der Waals surface area contributed by atoms with Crippen LogP contribution in [0.5, 0.6) is 0 Å². The van der Waals surface area contributed by atoms with E-state index >= 15 is 0 Å². The highest BCUT2D eigenvalue weighted by molar-refractivity contribution is 5.96. The molecule has 10 nitrogen and oxygen atoms in total. The molecule has 0 spiro atoms. The number of esters is 1. The molecule has 3 amide bonds.